The second-order valence-electron chi connectivity index (χ2n) is 4.94. The summed E-state index contributed by atoms with van der Waals surface area (Å²) in [5.41, 5.74) is -1.09. The smallest absolute Gasteiger partial charge is 0.187 e. The van der Waals surface area contributed by atoms with E-state index in [2.05, 4.69) is 20.6 Å². The molecule has 0 atom stereocenters. The molecule has 1 rings (SSSR count). The van der Waals surface area contributed by atoms with Crippen molar-refractivity contribution in [3.8, 4) is 0 Å². The Balaban J connectivity index is 3.03. The van der Waals surface area contributed by atoms with Gasteiger partial charge in [0.1, 0.15) is 0 Å². The zero-order chi connectivity index (χ0) is 11.0. The Morgan fingerprint density at radius 2 is 1.79 bits per heavy atom. The highest BCUT2D eigenvalue weighted by Crippen LogP contribution is 2.29. The molecular formula is C9H16N4O. The number of H-pyrrole nitrogens is 1. The van der Waals surface area contributed by atoms with Crippen molar-refractivity contribution in [3.63, 3.8) is 0 Å². The third-order valence-corrected chi connectivity index (χ3v) is 2.15. The normalized spacial score (nSPS) is 12.9. The average molecular weight is 196 g/mol. The van der Waals surface area contributed by atoms with Gasteiger partial charge < -0.3 is 0 Å². The minimum Gasteiger partial charge on any atom is -0.298 e. The van der Waals surface area contributed by atoms with Crippen LogP contribution in [0.4, 0.5) is 0 Å². The first-order valence-corrected chi connectivity index (χ1v) is 4.55. The van der Waals surface area contributed by atoms with Crippen LogP contribution in [0.3, 0.4) is 0 Å². The van der Waals surface area contributed by atoms with Gasteiger partial charge in [-0.1, -0.05) is 26.0 Å². The number of aromatic amines is 1. The topological polar surface area (TPSA) is 71.5 Å². The highest BCUT2D eigenvalue weighted by Gasteiger charge is 2.40. The molecule has 1 N–H and O–H groups in total. The summed E-state index contributed by atoms with van der Waals surface area (Å²) in [6.07, 6.45) is 0. The molecule has 14 heavy (non-hydrogen) atoms. The molecule has 1 heterocycles. The lowest BCUT2D eigenvalue weighted by molar-refractivity contribution is -0.131. The van der Waals surface area contributed by atoms with E-state index < -0.39 is 10.8 Å². The summed E-state index contributed by atoms with van der Waals surface area (Å²) in [5.74, 6) is 0.545. The highest BCUT2D eigenvalue weighted by atomic mass is 16.1. The van der Waals surface area contributed by atoms with Crippen LogP contribution in [0, 0.1) is 5.41 Å². The van der Waals surface area contributed by atoms with Crippen molar-refractivity contribution in [1.82, 2.24) is 20.6 Å². The number of aromatic nitrogens is 4. The van der Waals surface area contributed by atoms with Gasteiger partial charge in [-0.3, -0.25) is 4.79 Å². The van der Waals surface area contributed by atoms with Crippen molar-refractivity contribution in [2.24, 2.45) is 5.41 Å². The highest BCUT2D eigenvalue weighted by molar-refractivity contribution is 5.92. The molecule has 0 saturated carbocycles. The number of carbonyl (C=O) groups excluding carboxylic acids is 1. The average Bonchev–Trinajstić information content (AvgIpc) is 2.53. The molecule has 0 aromatic carbocycles. The van der Waals surface area contributed by atoms with Gasteiger partial charge in [-0.15, -0.1) is 10.2 Å². The summed E-state index contributed by atoms with van der Waals surface area (Å²) in [6.45, 7) is 9.28. The van der Waals surface area contributed by atoms with Gasteiger partial charge >= 0.3 is 0 Å². The van der Waals surface area contributed by atoms with Crippen LogP contribution in [-0.2, 0) is 10.2 Å². The van der Waals surface area contributed by atoms with Crippen molar-refractivity contribution in [2.45, 2.75) is 40.0 Å². The van der Waals surface area contributed by atoms with Crippen LogP contribution in [0.1, 0.15) is 40.4 Å². The predicted octanol–water partition coefficient (Wildman–Crippen LogP) is 1.09. The van der Waals surface area contributed by atoms with Gasteiger partial charge in [-0.05, 0) is 13.8 Å². The summed E-state index contributed by atoms with van der Waals surface area (Å²) < 4.78 is 0. The van der Waals surface area contributed by atoms with E-state index in [0.717, 1.165) is 0 Å². The second kappa shape index (κ2) is 3.15. The SMILES string of the molecule is CC(C)(C)C(=O)C(C)(C)c1nn[nH]n1. The van der Waals surface area contributed by atoms with Crippen molar-refractivity contribution < 1.29 is 4.79 Å². The van der Waals surface area contributed by atoms with E-state index in [9.17, 15) is 4.79 Å². The van der Waals surface area contributed by atoms with E-state index in [4.69, 9.17) is 0 Å². The maximum absolute atomic E-state index is 12.1. The van der Waals surface area contributed by atoms with Crippen LogP contribution in [0.2, 0.25) is 0 Å². The molecule has 0 spiro atoms. The van der Waals surface area contributed by atoms with Crippen LogP contribution >= 0.6 is 0 Å². The lowest BCUT2D eigenvalue weighted by atomic mass is 9.74. The fraction of sp³-hybridized carbons (Fsp3) is 0.778. The van der Waals surface area contributed by atoms with E-state index in [1.54, 1.807) is 0 Å². The van der Waals surface area contributed by atoms with Crippen LogP contribution in [-0.4, -0.2) is 26.4 Å². The molecule has 5 nitrogen and oxygen atoms in total. The maximum Gasteiger partial charge on any atom is 0.187 e. The molecule has 0 bridgehead atoms. The Hall–Kier alpha value is -1.26. The lowest BCUT2D eigenvalue weighted by Gasteiger charge is -2.27. The van der Waals surface area contributed by atoms with E-state index in [0.29, 0.717) is 5.82 Å². The Morgan fingerprint density at radius 1 is 1.21 bits per heavy atom. The number of hydrogen-bond donors (Lipinski definition) is 1. The number of ketones is 1. The van der Waals surface area contributed by atoms with Gasteiger partial charge in [0.2, 0.25) is 0 Å². The van der Waals surface area contributed by atoms with E-state index in [-0.39, 0.29) is 5.78 Å². The Kier molecular flexibility index (Phi) is 2.43. The lowest BCUT2D eigenvalue weighted by Crippen LogP contribution is -2.39. The van der Waals surface area contributed by atoms with Crippen LogP contribution < -0.4 is 0 Å². The number of nitrogens with zero attached hydrogens (tertiary/aromatic N) is 3. The van der Waals surface area contributed by atoms with Crippen LogP contribution in [0.25, 0.3) is 0 Å². The van der Waals surface area contributed by atoms with Gasteiger partial charge in [0.05, 0.1) is 5.41 Å². The molecule has 0 aliphatic rings. The fourth-order valence-corrected chi connectivity index (χ4v) is 1.47. The Bertz CT molecular complexity index is 321. The molecule has 0 unspecified atom stereocenters. The largest absolute Gasteiger partial charge is 0.298 e. The summed E-state index contributed by atoms with van der Waals surface area (Å²) in [7, 11) is 0. The first-order chi connectivity index (χ1) is 6.26. The number of carbonyl (C=O) groups is 1. The molecule has 78 valence electrons. The first kappa shape index (κ1) is 10.8. The number of rotatable bonds is 2. The maximum atomic E-state index is 12.1. The predicted molar refractivity (Wildman–Crippen MR) is 51.7 cm³/mol. The van der Waals surface area contributed by atoms with Crippen molar-refractivity contribution >= 4 is 5.78 Å². The molecule has 0 saturated heterocycles. The monoisotopic (exact) mass is 196 g/mol. The molecule has 1 aromatic heterocycles. The van der Waals surface area contributed by atoms with Crippen molar-refractivity contribution in [1.29, 1.82) is 0 Å². The first-order valence-electron chi connectivity index (χ1n) is 4.55. The van der Waals surface area contributed by atoms with Gasteiger partial charge in [-0.25, -0.2) is 0 Å². The molecule has 1 aromatic rings. The van der Waals surface area contributed by atoms with Gasteiger partial charge in [0.25, 0.3) is 0 Å². The third kappa shape index (κ3) is 1.81. The fourth-order valence-electron chi connectivity index (χ4n) is 1.47. The van der Waals surface area contributed by atoms with E-state index in [1.165, 1.54) is 0 Å². The summed E-state index contributed by atoms with van der Waals surface area (Å²) in [6, 6.07) is 0. The van der Waals surface area contributed by atoms with Crippen LogP contribution in [0.15, 0.2) is 0 Å². The van der Waals surface area contributed by atoms with E-state index in [1.807, 2.05) is 34.6 Å². The Morgan fingerprint density at radius 3 is 2.14 bits per heavy atom. The third-order valence-electron chi connectivity index (χ3n) is 2.15. The second-order valence-corrected chi connectivity index (χ2v) is 4.94. The molecule has 0 radical (unpaired) electrons. The summed E-state index contributed by atoms with van der Waals surface area (Å²) in [4.78, 5) is 12.1. The number of nitrogens with one attached hydrogen (secondary N) is 1. The quantitative estimate of drug-likeness (QED) is 0.768. The standard InChI is InChI=1S/C9H16N4O/c1-8(2,3)6(14)9(4,5)7-10-12-13-11-7/h1-5H3,(H,10,11,12,13). The molecule has 0 amide bonds. The summed E-state index contributed by atoms with van der Waals surface area (Å²) >= 11 is 0. The van der Waals surface area contributed by atoms with Gasteiger partial charge in [-0.2, -0.15) is 5.21 Å². The number of tetrazole rings is 1. The van der Waals surface area contributed by atoms with Gasteiger partial charge in [0.15, 0.2) is 11.6 Å². The summed E-state index contributed by atoms with van der Waals surface area (Å²) in [5, 5.41) is 13.5. The number of hydrogen-bond acceptors (Lipinski definition) is 4. The van der Waals surface area contributed by atoms with Gasteiger partial charge in [0, 0.05) is 5.41 Å². The van der Waals surface area contributed by atoms with Crippen molar-refractivity contribution in [3.05, 3.63) is 5.82 Å². The minimum atomic E-state index is -0.689. The van der Waals surface area contributed by atoms with Crippen molar-refractivity contribution in [2.75, 3.05) is 0 Å². The zero-order valence-electron chi connectivity index (χ0n) is 9.25. The minimum absolute atomic E-state index is 0.103. The van der Waals surface area contributed by atoms with E-state index >= 15 is 0 Å². The number of Topliss-reactive ketones (excluding diaryl/α,β-unsaturated/α-hetero) is 1. The van der Waals surface area contributed by atoms with Crippen LogP contribution in [0.5, 0.6) is 0 Å². The molecule has 0 aliphatic heterocycles. The molecule has 5 heteroatoms. The molecule has 0 aliphatic carbocycles. The Labute approximate surface area is 83.3 Å². The molecular weight excluding hydrogens is 180 g/mol. The zero-order valence-corrected chi connectivity index (χ0v) is 9.25. The molecule has 0 fully saturated rings.